The van der Waals surface area contributed by atoms with E-state index in [9.17, 15) is 4.39 Å². The third kappa shape index (κ3) is 1.41. The highest BCUT2D eigenvalue weighted by molar-refractivity contribution is 5.58. The van der Waals surface area contributed by atoms with Crippen molar-refractivity contribution in [1.29, 1.82) is 0 Å². The van der Waals surface area contributed by atoms with Gasteiger partial charge in [0.05, 0.1) is 0 Å². The summed E-state index contributed by atoms with van der Waals surface area (Å²) < 4.78 is 13.7. The van der Waals surface area contributed by atoms with Crippen molar-refractivity contribution in [3.63, 3.8) is 0 Å². The van der Waals surface area contributed by atoms with Crippen LogP contribution in [0.25, 0.3) is 0 Å². The Balaban J connectivity index is 2.39. The van der Waals surface area contributed by atoms with Gasteiger partial charge in [-0.3, -0.25) is 0 Å². The molecule has 0 spiro atoms. The summed E-state index contributed by atoms with van der Waals surface area (Å²) in [5.74, 6) is -0.0105. The van der Waals surface area contributed by atoms with E-state index in [1.807, 2.05) is 24.3 Å². The molecule has 1 heterocycles. The Labute approximate surface area is 78.0 Å². The standard InChI is InChI=1S/C11H14FN/c1-11(2,12)9-7-13-10-6-4-3-5-8(9)10/h3-6,9,13H,7H2,1-2H3. The van der Waals surface area contributed by atoms with Crippen LogP contribution >= 0.6 is 0 Å². The maximum atomic E-state index is 13.7. The zero-order valence-corrected chi connectivity index (χ0v) is 7.97. The van der Waals surface area contributed by atoms with Crippen LogP contribution in [-0.4, -0.2) is 12.2 Å². The van der Waals surface area contributed by atoms with E-state index in [0.717, 1.165) is 11.3 Å². The van der Waals surface area contributed by atoms with E-state index in [-0.39, 0.29) is 5.92 Å². The number of rotatable bonds is 1. The highest BCUT2D eigenvalue weighted by atomic mass is 19.1. The molecule has 1 N–H and O–H groups in total. The van der Waals surface area contributed by atoms with Gasteiger partial charge in [-0.15, -0.1) is 0 Å². The van der Waals surface area contributed by atoms with E-state index in [0.29, 0.717) is 6.54 Å². The lowest BCUT2D eigenvalue weighted by Gasteiger charge is -2.22. The van der Waals surface area contributed by atoms with Gasteiger partial charge in [0.25, 0.3) is 0 Å². The van der Waals surface area contributed by atoms with E-state index >= 15 is 0 Å². The molecule has 1 atom stereocenters. The number of alkyl halides is 1. The summed E-state index contributed by atoms with van der Waals surface area (Å²) in [7, 11) is 0. The van der Waals surface area contributed by atoms with Crippen LogP contribution in [0.5, 0.6) is 0 Å². The topological polar surface area (TPSA) is 12.0 Å². The van der Waals surface area contributed by atoms with Gasteiger partial charge in [0.1, 0.15) is 5.67 Å². The van der Waals surface area contributed by atoms with Crippen LogP contribution in [-0.2, 0) is 0 Å². The molecule has 0 aromatic heterocycles. The first-order valence-electron chi connectivity index (χ1n) is 4.61. The molecule has 2 rings (SSSR count). The molecule has 2 heteroatoms. The molecule has 0 saturated carbocycles. The summed E-state index contributed by atoms with van der Waals surface area (Å²) in [5.41, 5.74) is 1.05. The largest absolute Gasteiger partial charge is 0.384 e. The van der Waals surface area contributed by atoms with Crippen molar-refractivity contribution in [3.8, 4) is 0 Å². The number of benzene rings is 1. The zero-order valence-electron chi connectivity index (χ0n) is 7.97. The van der Waals surface area contributed by atoms with Crippen LogP contribution < -0.4 is 5.32 Å². The molecule has 1 aromatic rings. The third-order valence-electron chi connectivity index (χ3n) is 2.66. The maximum absolute atomic E-state index is 13.7. The fourth-order valence-electron chi connectivity index (χ4n) is 1.90. The highest BCUT2D eigenvalue weighted by Crippen LogP contribution is 2.39. The van der Waals surface area contributed by atoms with Gasteiger partial charge >= 0.3 is 0 Å². The quantitative estimate of drug-likeness (QED) is 0.699. The van der Waals surface area contributed by atoms with Gasteiger partial charge in [-0.25, -0.2) is 4.39 Å². The van der Waals surface area contributed by atoms with Crippen molar-refractivity contribution in [1.82, 2.24) is 0 Å². The summed E-state index contributed by atoms with van der Waals surface area (Å²) in [6.07, 6.45) is 0. The van der Waals surface area contributed by atoms with Gasteiger partial charge in [-0.2, -0.15) is 0 Å². The normalized spacial score (nSPS) is 21.0. The number of hydrogen-bond donors (Lipinski definition) is 1. The predicted octanol–water partition coefficient (Wildman–Crippen LogP) is 2.94. The molecule has 0 amide bonds. The summed E-state index contributed by atoms with van der Waals surface area (Å²) in [6, 6.07) is 7.94. The summed E-state index contributed by atoms with van der Waals surface area (Å²) in [4.78, 5) is 0. The number of nitrogens with one attached hydrogen (secondary N) is 1. The molecule has 1 aliphatic rings. The molecule has 13 heavy (non-hydrogen) atoms. The van der Waals surface area contributed by atoms with Crippen molar-refractivity contribution in [2.24, 2.45) is 0 Å². The summed E-state index contributed by atoms with van der Waals surface area (Å²) >= 11 is 0. The second-order valence-electron chi connectivity index (χ2n) is 4.09. The van der Waals surface area contributed by atoms with Crippen LogP contribution in [0.1, 0.15) is 25.3 Å². The minimum absolute atomic E-state index is 0.0105. The molecule has 0 radical (unpaired) electrons. The number of anilines is 1. The third-order valence-corrected chi connectivity index (χ3v) is 2.66. The van der Waals surface area contributed by atoms with E-state index in [2.05, 4.69) is 5.32 Å². The predicted molar refractivity (Wildman–Crippen MR) is 52.9 cm³/mol. The number of hydrogen-bond acceptors (Lipinski definition) is 1. The molecular weight excluding hydrogens is 165 g/mol. The van der Waals surface area contributed by atoms with Crippen molar-refractivity contribution in [2.75, 3.05) is 11.9 Å². The van der Waals surface area contributed by atoms with Gasteiger partial charge in [0, 0.05) is 18.2 Å². The number of para-hydroxylation sites is 1. The minimum Gasteiger partial charge on any atom is -0.384 e. The average molecular weight is 179 g/mol. The number of halogens is 1. The lowest BCUT2D eigenvalue weighted by atomic mass is 9.88. The second kappa shape index (κ2) is 2.72. The van der Waals surface area contributed by atoms with Gasteiger partial charge in [0.2, 0.25) is 0 Å². The van der Waals surface area contributed by atoms with Crippen LogP contribution in [0.4, 0.5) is 10.1 Å². The van der Waals surface area contributed by atoms with Crippen LogP contribution in [0, 0.1) is 0 Å². The molecule has 1 unspecified atom stereocenters. The van der Waals surface area contributed by atoms with Crippen molar-refractivity contribution in [3.05, 3.63) is 29.8 Å². The van der Waals surface area contributed by atoms with Gasteiger partial charge in [0.15, 0.2) is 0 Å². The molecule has 0 aliphatic carbocycles. The Morgan fingerprint density at radius 1 is 1.38 bits per heavy atom. The van der Waals surface area contributed by atoms with E-state index in [1.165, 1.54) is 0 Å². The van der Waals surface area contributed by atoms with Crippen molar-refractivity contribution < 1.29 is 4.39 Å². The Morgan fingerprint density at radius 3 is 2.77 bits per heavy atom. The maximum Gasteiger partial charge on any atom is 0.114 e. The molecule has 0 saturated heterocycles. The summed E-state index contributed by atoms with van der Waals surface area (Å²) in [6.45, 7) is 3.99. The lowest BCUT2D eigenvalue weighted by molar-refractivity contribution is 0.180. The number of fused-ring (bicyclic) bond motifs is 1. The minimum atomic E-state index is -1.14. The van der Waals surface area contributed by atoms with E-state index in [4.69, 9.17) is 0 Å². The monoisotopic (exact) mass is 179 g/mol. The van der Waals surface area contributed by atoms with Crippen molar-refractivity contribution >= 4 is 5.69 Å². The van der Waals surface area contributed by atoms with Gasteiger partial charge in [-0.05, 0) is 25.5 Å². The van der Waals surface area contributed by atoms with E-state index in [1.54, 1.807) is 13.8 Å². The molecular formula is C11H14FN. The van der Waals surface area contributed by atoms with Crippen LogP contribution in [0.2, 0.25) is 0 Å². The molecule has 1 aromatic carbocycles. The van der Waals surface area contributed by atoms with Crippen LogP contribution in [0.15, 0.2) is 24.3 Å². The molecule has 1 aliphatic heterocycles. The smallest absolute Gasteiger partial charge is 0.114 e. The SMILES string of the molecule is CC(C)(F)C1CNc2ccccc21. The highest BCUT2D eigenvalue weighted by Gasteiger charge is 2.35. The average Bonchev–Trinajstić information content (AvgIpc) is 2.45. The summed E-state index contributed by atoms with van der Waals surface area (Å²) in [5, 5.41) is 3.22. The molecule has 0 bridgehead atoms. The Hall–Kier alpha value is -1.05. The lowest BCUT2D eigenvalue weighted by Crippen LogP contribution is -2.25. The molecule has 0 fully saturated rings. The van der Waals surface area contributed by atoms with E-state index < -0.39 is 5.67 Å². The Morgan fingerprint density at radius 2 is 2.08 bits per heavy atom. The first kappa shape index (κ1) is 8.54. The van der Waals surface area contributed by atoms with Crippen molar-refractivity contribution in [2.45, 2.75) is 25.4 Å². The first-order valence-corrected chi connectivity index (χ1v) is 4.61. The molecule has 70 valence electrons. The fraction of sp³-hybridized carbons (Fsp3) is 0.455. The molecule has 1 nitrogen and oxygen atoms in total. The van der Waals surface area contributed by atoms with Gasteiger partial charge in [-0.1, -0.05) is 18.2 Å². The second-order valence-corrected chi connectivity index (χ2v) is 4.09. The Kier molecular flexibility index (Phi) is 1.79. The first-order chi connectivity index (χ1) is 6.09. The van der Waals surface area contributed by atoms with Gasteiger partial charge < -0.3 is 5.32 Å². The fourth-order valence-corrected chi connectivity index (χ4v) is 1.90. The zero-order chi connectivity index (χ0) is 9.47. The van der Waals surface area contributed by atoms with Crippen LogP contribution in [0.3, 0.4) is 0 Å². The Bertz CT molecular complexity index is 314.